The van der Waals surface area contributed by atoms with Gasteiger partial charge in [-0.15, -0.1) is 0 Å². The molecule has 2 aliphatic heterocycles. The summed E-state index contributed by atoms with van der Waals surface area (Å²) in [6.07, 6.45) is 11.0. The second-order valence-corrected chi connectivity index (χ2v) is 9.61. The van der Waals surface area contributed by atoms with E-state index >= 15 is 0 Å². The maximum Gasteiger partial charge on any atom is 0.259 e. The Bertz CT molecular complexity index is 1290. The first-order valence-corrected chi connectivity index (χ1v) is 13.6. The lowest BCUT2D eigenvalue weighted by Gasteiger charge is -2.24. The first-order chi connectivity index (χ1) is 19.0. The molecule has 2 amide bonds. The number of benzene rings is 1. The van der Waals surface area contributed by atoms with Crippen LogP contribution in [0.2, 0.25) is 0 Å². The smallest absolute Gasteiger partial charge is 0.259 e. The summed E-state index contributed by atoms with van der Waals surface area (Å²) in [5, 5.41) is 9.36. The van der Waals surface area contributed by atoms with E-state index in [4.69, 9.17) is 4.74 Å². The third-order valence-electron chi connectivity index (χ3n) is 6.84. The van der Waals surface area contributed by atoms with Gasteiger partial charge in [0.1, 0.15) is 0 Å². The highest BCUT2D eigenvalue weighted by atomic mass is 16.5. The molecule has 1 aromatic heterocycles. The van der Waals surface area contributed by atoms with Gasteiger partial charge in [-0.05, 0) is 30.2 Å². The molecule has 0 atom stereocenters. The number of carbonyl (C=O) groups excluding carboxylic acids is 2. The monoisotopic (exact) mass is 529 g/mol. The van der Waals surface area contributed by atoms with Crippen LogP contribution in [0.15, 0.2) is 66.9 Å². The van der Waals surface area contributed by atoms with Gasteiger partial charge < -0.3 is 24.8 Å². The molecule has 4 rings (SSSR count). The van der Waals surface area contributed by atoms with Crippen molar-refractivity contribution in [3.05, 3.63) is 83.7 Å². The summed E-state index contributed by atoms with van der Waals surface area (Å²) in [6, 6.07) is 9.83. The lowest BCUT2D eigenvalue weighted by atomic mass is 9.92. The van der Waals surface area contributed by atoms with Gasteiger partial charge in [0.2, 0.25) is 0 Å². The normalized spacial score (nSPS) is 18.5. The van der Waals surface area contributed by atoms with Gasteiger partial charge >= 0.3 is 0 Å². The zero-order valence-electron chi connectivity index (χ0n) is 23.0. The molecule has 0 saturated heterocycles. The van der Waals surface area contributed by atoms with Crippen molar-refractivity contribution in [1.82, 2.24) is 20.5 Å². The summed E-state index contributed by atoms with van der Waals surface area (Å²) in [4.78, 5) is 28.4. The summed E-state index contributed by atoms with van der Waals surface area (Å²) >= 11 is 0. The highest BCUT2D eigenvalue weighted by Crippen LogP contribution is 2.37. The zero-order valence-corrected chi connectivity index (χ0v) is 23.0. The van der Waals surface area contributed by atoms with Crippen LogP contribution in [0, 0.1) is 0 Å². The number of allylic oxidation sites excluding steroid dienone is 3. The van der Waals surface area contributed by atoms with E-state index in [1.165, 1.54) is 0 Å². The van der Waals surface area contributed by atoms with Crippen molar-refractivity contribution in [3.8, 4) is 0 Å². The largest absolute Gasteiger partial charge is 0.379 e. The molecule has 1 aromatic carbocycles. The molecule has 2 bridgehead atoms. The molecular weight excluding hydrogens is 490 g/mol. The second kappa shape index (κ2) is 13.9. The number of anilines is 1. The van der Waals surface area contributed by atoms with E-state index in [9.17, 15) is 9.59 Å². The maximum absolute atomic E-state index is 13.1. The Balaban J connectivity index is 1.77. The molecule has 0 aliphatic carbocycles. The minimum Gasteiger partial charge on any atom is -0.379 e. The van der Waals surface area contributed by atoms with Crippen molar-refractivity contribution < 1.29 is 14.3 Å². The number of amides is 2. The number of hydrogen-bond donors (Lipinski definition) is 3. The quantitative estimate of drug-likeness (QED) is 0.418. The SMILES string of the molecule is C=C1C2=C(C(=O)NC2=O)c2cc(/C=C\C=C/CC)n(c2)CCNCCOCCNCCN(C)c2ccccc21. The third kappa shape index (κ3) is 7.03. The van der Waals surface area contributed by atoms with Gasteiger partial charge in [-0.3, -0.25) is 14.9 Å². The van der Waals surface area contributed by atoms with Crippen molar-refractivity contribution in [2.45, 2.75) is 19.9 Å². The standard InChI is InChI=1S/C31H39N5O3/c1-4-5-6-7-10-25-21-24-22-36(25)18-14-33-16-20-39-19-15-32-13-17-35(3)27-12-9-8-11-26(27)23(2)28-29(24)31(38)34-30(28)37/h5-12,21-22,32-33H,2,4,13-20H2,1,3H3,(H,34,37,38)/b6-5-,10-7-. The van der Waals surface area contributed by atoms with E-state index in [2.05, 4.69) is 45.0 Å². The molecule has 0 unspecified atom stereocenters. The van der Waals surface area contributed by atoms with E-state index < -0.39 is 11.8 Å². The molecule has 3 N–H and O–H groups in total. The zero-order chi connectivity index (χ0) is 27.6. The Labute approximate surface area is 231 Å². The van der Waals surface area contributed by atoms with Crippen LogP contribution in [-0.2, 0) is 20.9 Å². The Morgan fingerprint density at radius 1 is 0.974 bits per heavy atom. The van der Waals surface area contributed by atoms with Gasteiger partial charge in [0, 0.05) is 75.0 Å². The number of aromatic nitrogens is 1. The lowest BCUT2D eigenvalue weighted by Crippen LogP contribution is -2.32. The van der Waals surface area contributed by atoms with Crippen molar-refractivity contribution in [2.75, 3.05) is 57.9 Å². The summed E-state index contributed by atoms with van der Waals surface area (Å²) in [7, 11) is 2.02. The van der Waals surface area contributed by atoms with E-state index in [0.29, 0.717) is 42.0 Å². The molecule has 8 heteroatoms. The fourth-order valence-electron chi connectivity index (χ4n) is 4.79. The van der Waals surface area contributed by atoms with Crippen molar-refractivity contribution in [1.29, 1.82) is 0 Å². The van der Waals surface area contributed by atoms with Crippen LogP contribution in [0.25, 0.3) is 17.2 Å². The van der Waals surface area contributed by atoms with Gasteiger partial charge in [0.05, 0.1) is 24.4 Å². The highest BCUT2D eigenvalue weighted by Gasteiger charge is 2.34. The predicted molar refractivity (Wildman–Crippen MR) is 158 cm³/mol. The number of para-hydroxylation sites is 1. The van der Waals surface area contributed by atoms with Crippen LogP contribution < -0.4 is 20.9 Å². The topological polar surface area (TPSA) is 87.6 Å². The third-order valence-corrected chi connectivity index (χ3v) is 6.84. The summed E-state index contributed by atoms with van der Waals surface area (Å²) in [5.74, 6) is -0.819. The lowest BCUT2D eigenvalue weighted by molar-refractivity contribution is -0.123. The summed E-state index contributed by atoms with van der Waals surface area (Å²) in [6.45, 7) is 12.2. The summed E-state index contributed by atoms with van der Waals surface area (Å²) < 4.78 is 7.86. The van der Waals surface area contributed by atoms with Crippen LogP contribution in [0.5, 0.6) is 0 Å². The fraction of sp³-hybridized carbons (Fsp3) is 0.355. The molecular formula is C31H39N5O3. The number of carbonyl (C=O) groups is 2. The number of likely N-dealkylation sites (N-methyl/N-ethyl adjacent to an activating group) is 1. The molecule has 0 saturated carbocycles. The summed E-state index contributed by atoms with van der Waals surface area (Å²) in [5.41, 5.74) is 4.63. The average Bonchev–Trinajstić information content (AvgIpc) is 3.47. The molecule has 3 heterocycles. The number of fused-ring (bicyclic) bond motifs is 4. The van der Waals surface area contributed by atoms with Crippen LogP contribution in [0.3, 0.4) is 0 Å². The minimum absolute atomic E-state index is 0.321. The minimum atomic E-state index is -0.418. The highest BCUT2D eigenvalue weighted by molar-refractivity contribution is 6.40. The number of ether oxygens (including phenoxy) is 1. The number of imide groups is 1. The van der Waals surface area contributed by atoms with E-state index in [0.717, 1.165) is 56.1 Å². The van der Waals surface area contributed by atoms with Gasteiger partial charge in [0.15, 0.2) is 0 Å². The number of nitrogens with one attached hydrogen (secondary N) is 3. The Morgan fingerprint density at radius 3 is 2.46 bits per heavy atom. The Kier molecular flexibility index (Phi) is 10.1. The van der Waals surface area contributed by atoms with Gasteiger partial charge in [-0.1, -0.05) is 49.9 Å². The first-order valence-electron chi connectivity index (χ1n) is 13.6. The average molecular weight is 530 g/mol. The van der Waals surface area contributed by atoms with Gasteiger partial charge in [-0.25, -0.2) is 0 Å². The van der Waals surface area contributed by atoms with Crippen LogP contribution in [0.4, 0.5) is 5.69 Å². The van der Waals surface area contributed by atoms with E-state index in [-0.39, 0.29) is 0 Å². The van der Waals surface area contributed by atoms with Gasteiger partial charge in [0.25, 0.3) is 11.8 Å². The predicted octanol–water partition coefficient (Wildman–Crippen LogP) is 3.24. The number of hydrogen-bond acceptors (Lipinski definition) is 6. The van der Waals surface area contributed by atoms with Crippen molar-refractivity contribution in [2.24, 2.45) is 0 Å². The molecule has 0 spiro atoms. The first kappa shape index (κ1) is 28.3. The van der Waals surface area contributed by atoms with Crippen LogP contribution >= 0.6 is 0 Å². The molecule has 0 fully saturated rings. The van der Waals surface area contributed by atoms with Crippen LogP contribution in [-0.4, -0.2) is 69.4 Å². The molecule has 206 valence electrons. The van der Waals surface area contributed by atoms with Crippen LogP contribution in [0.1, 0.15) is 30.2 Å². The van der Waals surface area contributed by atoms with E-state index in [1.807, 2.05) is 61.8 Å². The fourth-order valence-corrected chi connectivity index (χ4v) is 4.79. The number of rotatable bonds is 3. The maximum atomic E-state index is 13.1. The molecule has 2 aromatic rings. The van der Waals surface area contributed by atoms with E-state index in [1.54, 1.807) is 0 Å². The molecule has 2 aliphatic rings. The molecule has 8 nitrogen and oxygen atoms in total. The van der Waals surface area contributed by atoms with Crippen molar-refractivity contribution in [3.63, 3.8) is 0 Å². The molecule has 0 radical (unpaired) electrons. The molecule has 39 heavy (non-hydrogen) atoms. The Morgan fingerprint density at radius 2 is 1.69 bits per heavy atom. The van der Waals surface area contributed by atoms with Crippen molar-refractivity contribution >= 4 is 34.7 Å². The van der Waals surface area contributed by atoms with Gasteiger partial charge in [-0.2, -0.15) is 0 Å². The number of nitrogens with zero attached hydrogens (tertiary/aromatic N) is 2. The second-order valence-electron chi connectivity index (χ2n) is 9.61. The Hall–Kier alpha value is -3.72.